The van der Waals surface area contributed by atoms with Crippen LogP contribution in [0.4, 0.5) is 11.6 Å². The highest BCUT2D eigenvalue weighted by Crippen LogP contribution is 2.29. The summed E-state index contributed by atoms with van der Waals surface area (Å²) < 4.78 is 24.3. The lowest BCUT2D eigenvalue weighted by Gasteiger charge is -2.31. The van der Waals surface area contributed by atoms with Crippen LogP contribution in [0.3, 0.4) is 0 Å². The Morgan fingerprint density at radius 1 is 1.06 bits per heavy atom. The van der Waals surface area contributed by atoms with Gasteiger partial charge in [-0.05, 0) is 73.3 Å². The molecule has 10 heteroatoms. The maximum Gasteiger partial charge on any atom is 0.245 e. The third-order valence-electron chi connectivity index (χ3n) is 6.66. The highest BCUT2D eigenvalue weighted by Gasteiger charge is 2.20. The van der Waals surface area contributed by atoms with Crippen LogP contribution in [-0.4, -0.2) is 59.6 Å². The first-order chi connectivity index (χ1) is 17.6. The maximum absolute atomic E-state index is 10.9. The minimum atomic E-state index is -2.05. The van der Waals surface area contributed by atoms with Crippen molar-refractivity contribution in [3.8, 4) is 11.3 Å². The lowest BCUT2D eigenvalue weighted by Crippen LogP contribution is -2.34. The number of aliphatic hydroxyl groups excluding tert-OH is 1. The molecule has 1 unspecified atom stereocenters. The molecule has 1 saturated heterocycles. The summed E-state index contributed by atoms with van der Waals surface area (Å²) in [6.45, 7) is 3.33. The smallest absolute Gasteiger partial charge is 0.245 e. The van der Waals surface area contributed by atoms with Gasteiger partial charge in [-0.25, -0.2) is 18.4 Å². The van der Waals surface area contributed by atoms with Crippen molar-refractivity contribution in [1.29, 1.82) is 0 Å². The zero-order valence-electron chi connectivity index (χ0n) is 19.9. The summed E-state index contributed by atoms with van der Waals surface area (Å²) in [6.07, 6.45) is 4.00. The van der Waals surface area contributed by atoms with Gasteiger partial charge in [-0.1, -0.05) is 30.3 Å². The SMILES string of the molecule is O=S(O)NCc1cccc(-c2ccc3cnc(Nc4ccc(C5CCN(CCO)CC5)cc4)nn23)c1. The number of fused-ring (bicyclic) bond motifs is 1. The first-order valence-electron chi connectivity index (χ1n) is 12.1. The van der Waals surface area contributed by atoms with Crippen LogP contribution >= 0.6 is 0 Å². The molecule has 188 valence electrons. The fourth-order valence-corrected chi connectivity index (χ4v) is 5.05. The van der Waals surface area contributed by atoms with Crippen LogP contribution in [0, 0.1) is 0 Å². The largest absolute Gasteiger partial charge is 0.395 e. The van der Waals surface area contributed by atoms with Gasteiger partial charge in [-0.2, -0.15) is 0 Å². The highest BCUT2D eigenvalue weighted by atomic mass is 32.2. The average Bonchev–Trinajstić information content (AvgIpc) is 3.32. The second kappa shape index (κ2) is 11.3. The van der Waals surface area contributed by atoms with Gasteiger partial charge in [-0.15, -0.1) is 5.10 Å². The second-order valence-corrected chi connectivity index (χ2v) is 9.78. The highest BCUT2D eigenvalue weighted by molar-refractivity contribution is 7.77. The Bertz CT molecular complexity index is 1340. The van der Waals surface area contributed by atoms with Gasteiger partial charge in [0.25, 0.3) is 0 Å². The van der Waals surface area contributed by atoms with Gasteiger partial charge in [0.05, 0.1) is 24.0 Å². The summed E-state index contributed by atoms with van der Waals surface area (Å²) in [7, 11) is 0. The van der Waals surface area contributed by atoms with Crippen molar-refractivity contribution in [3.63, 3.8) is 0 Å². The molecule has 0 amide bonds. The summed E-state index contributed by atoms with van der Waals surface area (Å²) >= 11 is -2.05. The lowest BCUT2D eigenvalue weighted by molar-refractivity contribution is 0.164. The fourth-order valence-electron chi connectivity index (χ4n) is 4.76. The van der Waals surface area contributed by atoms with E-state index in [0.29, 0.717) is 18.4 Å². The topological polar surface area (TPSA) is 115 Å². The second-order valence-electron chi connectivity index (χ2n) is 8.99. The Labute approximate surface area is 212 Å². The molecule has 0 bridgehead atoms. The molecule has 1 aliphatic rings. The Kier molecular flexibility index (Phi) is 7.69. The summed E-state index contributed by atoms with van der Waals surface area (Å²) in [5.41, 5.74) is 5.90. The standard InChI is InChI=1S/C26H30N6O3S/c33-15-14-31-12-10-21(11-13-31)20-4-6-23(7-5-20)29-26-27-18-24-8-9-25(32(24)30-26)22-3-1-2-19(16-22)17-28-36(34)35/h1-9,16,18,21,28,33H,10-15,17H2,(H,29,30)(H,34,35). The Morgan fingerprint density at radius 2 is 1.86 bits per heavy atom. The minimum Gasteiger partial charge on any atom is -0.395 e. The van der Waals surface area contributed by atoms with Gasteiger partial charge < -0.3 is 15.3 Å². The summed E-state index contributed by atoms with van der Waals surface area (Å²) in [5.74, 6) is 1.05. The van der Waals surface area contributed by atoms with Crippen molar-refractivity contribution in [2.45, 2.75) is 25.3 Å². The van der Waals surface area contributed by atoms with Crippen LogP contribution in [0.1, 0.15) is 29.9 Å². The molecule has 0 radical (unpaired) electrons. The zero-order chi connectivity index (χ0) is 24.9. The molecule has 0 aliphatic carbocycles. The fraction of sp³-hybridized carbons (Fsp3) is 0.308. The maximum atomic E-state index is 10.9. The predicted octanol–water partition coefficient (Wildman–Crippen LogP) is 3.54. The number of benzene rings is 2. The van der Waals surface area contributed by atoms with Crippen LogP contribution in [0.2, 0.25) is 0 Å². The minimum absolute atomic E-state index is 0.223. The van der Waals surface area contributed by atoms with Crippen LogP contribution in [0.15, 0.2) is 66.9 Å². The molecular formula is C26H30N6O3S. The van der Waals surface area contributed by atoms with Crippen LogP contribution in [0.5, 0.6) is 0 Å². The van der Waals surface area contributed by atoms with E-state index in [2.05, 4.69) is 44.2 Å². The number of likely N-dealkylation sites (tertiary alicyclic amines) is 1. The number of hydrogen-bond donors (Lipinski definition) is 4. The molecule has 9 nitrogen and oxygen atoms in total. The monoisotopic (exact) mass is 506 g/mol. The van der Waals surface area contributed by atoms with E-state index < -0.39 is 11.3 Å². The van der Waals surface area contributed by atoms with Gasteiger partial charge in [0.1, 0.15) is 0 Å². The number of anilines is 2. The number of β-amino-alcohol motifs (C(OH)–C–C–N with tert-alkyl or cyclic N) is 1. The molecule has 0 saturated carbocycles. The molecule has 1 atom stereocenters. The predicted molar refractivity (Wildman–Crippen MR) is 141 cm³/mol. The van der Waals surface area contributed by atoms with Gasteiger partial charge >= 0.3 is 0 Å². The molecule has 36 heavy (non-hydrogen) atoms. The van der Waals surface area contributed by atoms with E-state index in [0.717, 1.165) is 60.5 Å². The van der Waals surface area contributed by atoms with E-state index in [9.17, 15) is 4.21 Å². The molecular weight excluding hydrogens is 476 g/mol. The van der Waals surface area contributed by atoms with E-state index in [4.69, 9.17) is 14.8 Å². The molecule has 4 N–H and O–H groups in total. The summed E-state index contributed by atoms with van der Waals surface area (Å²) in [4.78, 5) is 6.79. The third-order valence-corrected chi connectivity index (χ3v) is 7.05. The van der Waals surface area contributed by atoms with Gasteiger partial charge in [0, 0.05) is 24.3 Å². The molecule has 2 aromatic carbocycles. The van der Waals surface area contributed by atoms with Crippen LogP contribution < -0.4 is 10.0 Å². The van der Waals surface area contributed by atoms with Crippen molar-refractivity contribution in [2.75, 3.05) is 31.6 Å². The number of aromatic nitrogens is 3. The van der Waals surface area contributed by atoms with E-state index in [1.807, 2.05) is 40.9 Å². The number of nitrogens with one attached hydrogen (secondary N) is 2. The van der Waals surface area contributed by atoms with E-state index >= 15 is 0 Å². The number of piperidine rings is 1. The van der Waals surface area contributed by atoms with Gasteiger partial charge in [0.15, 0.2) is 0 Å². The van der Waals surface area contributed by atoms with Crippen LogP contribution in [0.25, 0.3) is 16.8 Å². The summed E-state index contributed by atoms with van der Waals surface area (Å²) in [6, 6.07) is 20.2. The molecule has 4 aromatic rings. The summed E-state index contributed by atoms with van der Waals surface area (Å²) in [5, 5.41) is 17.2. The Hall–Kier alpha value is -3.15. The van der Waals surface area contributed by atoms with Gasteiger partial charge in [0.2, 0.25) is 17.2 Å². The van der Waals surface area contributed by atoms with Gasteiger partial charge in [-0.3, -0.25) is 4.55 Å². The normalized spacial score (nSPS) is 15.8. The molecule has 2 aromatic heterocycles. The first kappa shape index (κ1) is 24.5. The quantitative estimate of drug-likeness (QED) is 0.257. The van der Waals surface area contributed by atoms with Crippen molar-refractivity contribution in [3.05, 3.63) is 78.0 Å². The van der Waals surface area contributed by atoms with Crippen molar-refractivity contribution in [2.24, 2.45) is 0 Å². The van der Waals surface area contributed by atoms with E-state index in [-0.39, 0.29) is 6.61 Å². The number of nitrogens with zero attached hydrogens (tertiary/aromatic N) is 4. The lowest BCUT2D eigenvalue weighted by atomic mass is 9.89. The molecule has 0 spiro atoms. The van der Waals surface area contributed by atoms with Crippen LogP contribution in [-0.2, 0) is 17.8 Å². The first-order valence-corrected chi connectivity index (χ1v) is 13.2. The van der Waals surface area contributed by atoms with Crippen molar-refractivity contribution >= 4 is 28.4 Å². The Morgan fingerprint density at radius 3 is 2.61 bits per heavy atom. The third kappa shape index (κ3) is 5.80. The number of rotatable bonds is 9. The number of hydrogen-bond acceptors (Lipinski definition) is 6. The molecule has 1 fully saturated rings. The number of aliphatic hydroxyl groups is 1. The average molecular weight is 507 g/mol. The molecule has 5 rings (SSSR count). The van der Waals surface area contributed by atoms with Crippen molar-refractivity contribution < 1.29 is 13.9 Å². The molecule has 1 aliphatic heterocycles. The van der Waals surface area contributed by atoms with E-state index in [1.54, 1.807) is 6.20 Å². The zero-order valence-corrected chi connectivity index (χ0v) is 20.7. The van der Waals surface area contributed by atoms with Crippen molar-refractivity contribution in [1.82, 2.24) is 24.2 Å². The Balaban J connectivity index is 1.30. The van der Waals surface area contributed by atoms with E-state index in [1.165, 1.54) is 5.56 Å². The molecule has 3 heterocycles.